The standard InChI is InChI=1S/C29H59IO6/c1-2-3-4-5-6-7-8-9-10-12-15-18-31-20-22-33-24-26-35-28-29-36-27-25-34-23-21-32-19-16-13-11-14-17-30/h2-29H2,1H3. The van der Waals surface area contributed by atoms with Crippen molar-refractivity contribution in [2.24, 2.45) is 0 Å². The molecule has 0 amide bonds. The average molecular weight is 631 g/mol. The van der Waals surface area contributed by atoms with E-state index in [1.807, 2.05) is 0 Å². The molecule has 0 saturated heterocycles. The number of hydrogen-bond donors (Lipinski definition) is 0. The van der Waals surface area contributed by atoms with Crippen LogP contribution >= 0.6 is 22.6 Å². The molecule has 218 valence electrons. The zero-order valence-electron chi connectivity index (χ0n) is 23.6. The van der Waals surface area contributed by atoms with Crippen molar-refractivity contribution in [3.63, 3.8) is 0 Å². The maximum atomic E-state index is 5.65. The largest absolute Gasteiger partial charge is 0.379 e. The molecule has 0 aliphatic heterocycles. The maximum absolute atomic E-state index is 5.65. The predicted octanol–water partition coefficient (Wildman–Crippen LogP) is 7.39. The number of hydrogen-bond acceptors (Lipinski definition) is 6. The lowest BCUT2D eigenvalue weighted by molar-refractivity contribution is -0.0169. The van der Waals surface area contributed by atoms with Crippen molar-refractivity contribution in [2.75, 3.05) is 83.7 Å². The van der Waals surface area contributed by atoms with Crippen LogP contribution in [0.3, 0.4) is 0 Å². The van der Waals surface area contributed by atoms with Crippen LogP contribution in [0.5, 0.6) is 0 Å². The van der Waals surface area contributed by atoms with Gasteiger partial charge in [0.2, 0.25) is 0 Å². The number of halogens is 1. The van der Waals surface area contributed by atoms with Gasteiger partial charge in [-0.05, 0) is 23.7 Å². The van der Waals surface area contributed by atoms with Gasteiger partial charge in [-0.15, -0.1) is 0 Å². The highest BCUT2D eigenvalue weighted by atomic mass is 127. The van der Waals surface area contributed by atoms with E-state index in [9.17, 15) is 0 Å². The minimum Gasteiger partial charge on any atom is -0.379 e. The normalized spacial score (nSPS) is 11.5. The van der Waals surface area contributed by atoms with Crippen LogP contribution in [-0.4, -0.2) is 83.7 Å². The third kappa shape index (κ3) is 34.5. The molecule has 0 radical (unpaired) electrons. The molecule has 36 heavy (non-hydrogen) atoms. The SMILES string of the molecule is CCCCCCCCCCCCCOCCOCCOCCOCCOCCOCCCCCCI. The molecule has 0 heterocycles. The molecule has 0 saturated carbocycles. The summed E-state index contributed by atoms with van der Waals surface area (Å²) in [6, 6.07) is 0. The number of unbranched alkanes of at least 4 members (excludes halogenated alkanes) is 13. The number of rotatable bonds is 33. The molecule has 0 aliphatic rings. The average Bonchev–Trinajstić information content (AvgIpc) is 2.89. The number of alkyl halides is 1. The quantitative estimate of drug-likeness (QED) is 0.0428. The van der Waals surface area contributed by atoms with Crippen LogP contribution in [0, 0.1) is 0 Å². The van der Waals surface area contributed by atoms with Gasteiger partial charge in [0.15, 0.2) is 0 Å². The second-order valence-corrected chi connectivity index (χ2v) is 10.4. The van der Waals surface area contributed by atoms with Crippen LogP contribution < -0.4 is 0 Å². The van der Waals surface area contributed by atoms with Crippen LogP contribution in [0.1, 0.15) is 103 Å². The van der Waals surface area contributed by atoms with E-state index in [1.54, 1.807) is 0 Å². The van der Waals surface area contributed by atoms with E-state index in [-0.39, 0.29) is 0 Å². The molecule has 0 atom stereocenters. The molecule has 6 nitrogen and oxygen atoms in total. The highest BCUT2D eigenvalue weighted by Crippen LogP contribution is 2.11. The third-order valence-corrected chi connectivity index (χ3v) is 6.69. The Morgan fingerprint density at radius 1 is 0.306 bits per heavy atom. The highest BCUT2D eigenvalue weighted by molar-refractivity contribution is 14.1. The summed E-state index contributed by atoms with van der Waals surface area (Å²) in [5.74, 6) is 0. The van der Waals surface area contributed by atoms with Crippen molar-refractivity contribution in [3.8, 4) is 0 Å². The van der Waals surface area contributed by atoms with Crippen LogP contribution in [0.15, 0.2) is 0 Å². The first-order valence-corrected chi connectivity index (χ1v) is 16.5. The molecule has 0 unspecified atom stereocenters. The summed E-state index contributed by atoms with van der Waals surface area (Å²) in [4.78, 5) is 0. The van der Waals surface area contributed by atoms with Crippen molar-refractivity contribution in [1.82, 2.24) is 0 Å². The lowest BCUT2D eigenvalue weighted by Crippen LogP contribution is -2.14. The Bertz CT molecular complexity index is 342. The summed E-state index contributed by atoms with van der Waals surface area (Å²) in [7, 11) is 0. The van der Waals surface area contributed by atoms with E-state index in [2.05, 4.69) is 29.5 Å². The highest BCUT2D eigenvalue weighted by Gasteiger charge is 1.96. The zero-order chi connectivity index (χ0) is 26.0. The van der Waals surface area contributed by atoms with Crippen molar-refractivity contribution < 1.29 is 28.4 Å². The van der Waals surface area contributed by atoms with Gasteiger partial charge in [-0.1, -0.05) is 107 Å². The van der Waals surface area contributed by atoms with Gasteiger partial charge >= 0.3 is 0 Å². The monoisotopic (exact) mass is 630 g/mol. The van der Waals surface area contributed by atoms with Crippen LogP contribution in [0.4, 0.5) is 0 Å². The lowest BCUT2D eigenvalue weighted by Gasteiger charge is -2.08. The van der Waals surface area contributed by atoms with E-state index in [1.165, 1.54) is 87.9 Å². The lowest BCUT2D eigenvalue weighted by atomic mass is 10.1. The Labute approximate surface area is 237 Å². The van der Waals surface area contributed by atoms with Gasteiger partial charge in [-0.3, -0.25) is 0 Å². The molecule has 0 aromatic carbocycles. The fourth-order valence-electron chi connectivity index (χ4n) is 3.72. The summed E-state index contributed by atoms with van der Waals surface area (Å²) >= 11 is 2.43. The Balaban J connectivity index is 3.00. The van der Waals surface area contributed by atoms with Gasteiger partial charge in [0.05, 0.1) is 66.1 Å². The smallest absolute Gasteiger partial charge is 0.0701 e. The molecular formula is C29H59IO6. The summed E-state index contributed by atoms with van der Waals surface area (Å²) in [6.45, 7) is 10.1. The van der Waals surface area contributed by atoms with E-state index < -0.39 is 0 Å². The van der Waals surface area contributed by atoms with Crippen LogP contribution in [0.2, 0.25) is 0 Å². The number of ether oxygens (including phenoxy) is 6. The van der Waals surface area contributed by atoms with Crippen molar-refractivity contribution in [1.29, 1.82) is 0 Å². The molecule has 0 bridgehead atoms. The molecule has 0 spiro atoms. The predicted molar refractivity (Wildman–Crippen MR) is 159 cm³/mol. The van der Waals surface area contributed by atoms with Gasteiger partial charge in [-0.2, -0.15) is 0 Å². The van der Waals surface area contributed by atoms with Gasteiger partial charge in [0, 0.05) is 13.2 Å². The van der Waals surface area contributed by atoms with Gasteiger partial charge in [0.25, 0.3) is 0 Å². The van der Waals surface area contributed by atoms with Crippen molar-refractivity contribution in [2.45, 2.75) is 103 Å². The van der Waals surface area contributed by atoms with E-state index in [4.69, 9.17) is 28.4 Å². The summed E-state index contributed by atoms with van der Waals surface area (Å²) in [5.41, 5.74) is 0. The molecule has 0 aromatic heterocycles. The van der Waals surface area contributed by atoms with E-state index >= 15 is 0 Å². The first-order valence-electron chi connectivity index (χ1n) is 14.9. The molecule has 0 fully saturated rings. The van der Waals surface area contributed by atoms with Crippen LogP contribution in [-0.2, 0) is 28.4 Å². The van der Waals surface area contributed by atoms with Gasteiger partial charge in [0.1, 0.15) is 0 Å². The second kappa shape index (κ2) is 35.5. The Morgan fingerprint density at radius 2 is 0.556 bits per heavy atom. The van der Waals surface area contributed by atoms with E-state index in [0.29, 0.717) is 66.1 Å². The first-order chi connectivity index (χ1) is 17.9. The molecule has 0 aromatic rings. The summed E-state index contributed by atoms with van der Waals surface area (Å²) < 4.78 is 34.5. The third-order valence-electron chi connectivity index (χ3n) is 5.92. The second-order valence-electron chi connectivity index (χ2n) is 9.31. The topological polar surface area (TPSA) is 55.4 Å². The maximum Gasteiger partial charge on any atom is 0.0701 e. The van der Waals surface area contributed by atoms with Crippen LogP contribution in [0.25, 0.3) is 0 Å². The van der Waals surface area contributed by atoms with Crippen molar-refractivity contribution >= 4 is 22.6 Å². The molecule has 0 rings (SSSR count). The minimum absolute atomic E-state index is 0.582. The molecule has 0 aliphatic carbocycles. The minimum atomic E-state index is 0.582. The molecule has 0 N–H and O–H groups in total. The molecular weight excluding hydrogens is 571 g/mol. The first kappa shape index (κ1) is 36.5. The fraction of sp³-hybridized carbons (Fsp3) is 1.00. The van der Waals surface area contributed by atoms with E-state index in [0.717, 1.165) is 26.1 Å². The Hall–Kier alpha value is 0.490. The zero-order valence-corrected chi connectivity index (χ0v) is 25.8. The Kier molecular flexibility index (Phi) is 36.0. The fourth-order valence-corrected chi connectivity index (χ4v) is 4.26. The summed E-state index contributed by atoms with van der Waals surface area (Å²) in [5, 5.41) is 0. The van der Waals surface area contributed by atoms with Crippen molar-refractivity contribution in [3.05, 3.63) is 0 Å². The molecule has 7 heteroatoms. The van der Waals surface area contributed by atoms with Gasteiger partial charge in [-0.25, -0.2) is 0 Å². The van der Waals surface area contributed by atoms with Gasteiger partial charge < -0.3 is 28.4 Å². The Morgan fingerprint density at radius 3 is 0.861 bits per heavy atom. The summed E-state index contributed by atoms with van der Waals surface area (Å²) in [6.07, 6.45) is 20.0.